The van der Waals surface area contributed by atoms with Crippen LogP contribution in [-0.2, 0) is 16.1 Å². The molecule has 1 heterocycles. The molecule has 0 spiro atoms. The standard InChI is InChI=1S/C21H19N3O4/c25-20(28-15-19-22-12-7-13-24(19)27)14-18(16-8-3-1-4-9-16)23-21(26)17-10-5-2-6-11-17/h1-13,18H,14-15H2,(H,23,26). The molecule has 7 nitrogen and oxygen atoms in total. The summed E-state index contributed by atoms with van der Waals surface area (Å²) in [5, 5.41) is 14.5. The van der Waals surface area contributed by atoms with E-state index in [9.17, 15) is 14.8 Å². The van der Waals surface area contributed by atoms with Gasteiger partial charge in [0.1, 0.15) is 6.20 Å². The van der Waals surface area contributed by atoms with Gasteiger partial charge < -0.3 is 15.3 Å². The molecule has 0 radical (unpaired) electrons. The van der Waals surface area contributed by atoms with Crippen molar-refractivity contribution in [3.63, 3.8) is 0 Å². The first kappa shape index (κ1) is 19.0. The number of hydrogen-bond donors (Lipinski definition) is 1. The summed E-state index contributed by atoms with van der Waals surface area (Å²) in [6.45, 7) is -0.239. The Bertz CT molecular complexity index is 933. The number of carbonyl (C=O) groups excluding carboxylic acids is 2. The van der Waals surface area contributed by atoms with Crippen LogP contribution in [0.1, 0.15) is 34.2 Å². The Morgan fingerprint density at radius 1 is 1.04 bits per heavy atom. The van der Waals surface area contributed by atoms with E-state index in [2.05, 4.69) is 10.3 Å². The highest BCUT2D eigenvalue weighted by molar-refractivity contribution is 5.94. The average molecular weight is 377 g/mol. The zero-order chi connectivity index (χ0) is 19.8. The Hall–Kier alpha value is -3.74. The average Bonchev–Trinajstić information content (AvgIpc) is 2.74. The van der Waals surface area contributed by atoms with E-state index in [0.717, 1.165) is 5.56 Å². The van der Waals surface area contributed by atoms with Crippen molar-refractivity contribution in [1.29, 1.82) is 0 Å². The van der Waals surface area contributed by atoms with Gasteiger partial charge in [-0.2, -0.15) is 0 Å². The Kier molecular flexibility index (Phi) is 6.30. The first-order chi connectivity index (χ1) is 13.6. The normalized spacial score (nSPS) is 11.4. The predicted octanol–water partition coefficient (Wildman–Crippen LogP) is 2.32. The van der Waals surface area contributed by atoms with Gasteiger partial charge in [0.15, 0.2) is 6.61 Å². The number of ether oxygens (including phenoxy) is 1. The van der Waals surface area contributed by atoms with Gasteiger partial charge in [0, 0.05) is 11.6 Å². The van der Waals surface area contributed by atoms with Gasteiger partial charge in [-0.05, 0) is 22.7 Å². The number of hydrogen-bond acceptors (Lipinski definition) is 5. The van der Waals surface area contributed by atoms with Gasteiger partial charge in [0.2, 0.25) is 0 Å². The Labute approximate surface area is 162 Å². The number of rotatable bonds is 7. The zero-order valence-electron chi connectivity index (χ0n) is 15.0. The minimum absolute atomic E-state index is 0.0751. The molecule has 0 aliphatic rings. The van der Waals surface area contributed by atoms with E-state index >= 15 is 0 Å². The smallest absolute Gasteiger partial charge is 0.339 e. The fourth-order valence-electron chi connectivity index (χ4n) is 2.63. The van der Waals surface area contributed by atoms with Crippen LogP contribution in [0.2, 0.25) is 0 Å². The molecule has 1 unspecified atom stereocenters. The lowest BCUT2D eigenvalue weighted by atomic mass is 10.0. The van der Waals surface area contributed by atoms with Crippen LogP contribution in [-0.4, -0.2) is 16.9 Å². The number of carbonyl (C=O) groups is 2. The Morgan fingerprint density at radius 2 is 1.71 bits per heavy atom. The second kappa shape index (κ2) is 9.27. The van der Waals surface area contributed by atoms with Crippen molar-refractivity contribution < 1.29 is 19.1 Å². The highest BCUT2D eigenvalue weighted by Crippen LogP contribution is 2.18. The van der Waals surface area contributed by atoms with Gasteiger partial charge in [-0.25, -0.2) is 4.73 Å². The molecule has 1 N–H and O–H groups in total. The summed E-state index contributed by atoms with van der Waals surface area (Å²) in [5.41, 5.74) is 1.28. The van der Waals surface area contributed by atoms with Crippen LogP contribution < -0.4 is 10.0 Å². The van der Waals surface area contributed by atoms with Crippen LogP contribution in [0.5, 0.6) is 0 Å². The van der Waals surface area contributed by atoms with Gasteiger partial charge in [-0.15, -0.1) is 0 Å². The first-order valence-corrected chi connectivity index (χ1v) is 8.73. The molecular formula is C21H19N3O4. The maximum Gasteiger partial charge on any atom is 0.339 e. The lowest BCUT2D eigenvalue weighted by molar-refractivity contribution is -0.620. The van der Waals surface area contributed by atoms with Crippen molar-refractivity contribution in [3.8, 4) is 0 Å². The van der Waals surface area contributed by atoms with Crippen LogP contribution in [0, 0.1) is 5.21 Å². The second-order valence-electron chi connectivity index (χ2n) is 6.03. The molecule has 3 aromatic rings. The topological polar surface area (TPSA) is 95.2 Å². The van der Waals surface area contributed by atoms with E-state index in [0.29, 0.717) is 10.3 Å². The SMILES string of the molecule is O=C(CC(NC(=O)c1ccccc1)c1ccccc1)OCc1nccc[n+]1[O-]. The molecule has 28 heavy (non-hydrogen) atoms. The fourth-order valence-corrected chi connectivity index (χ4v) is 2.63. The molecule has 142 valence electrons. The molecule has 0 saturated heterocycles. The molecule has 2 aromatic carbocycles. The van der Waals surface area contributed by atoms with Crippen molar-refractivity contribution in [1.82, 2.24) is 10.3 Å². The second-order valence-corrected chi connectivity index (χ2v) is 6.03. The summed E-state index contributed by atoms with van der Waals surface area (Å²) < 4.78 is 5.72. The Balaban J connectivity index is 1.68. The molecular weight excluding hydrogens is 358 g/mol. The third-order valence-corrected chi connectivity index (χ3v) is 4.06. The van der Waals surface area contributed by atoms with Crippen LogP contribution in [0.4, 0.5) is 0 Å². The highest BCUT2D eigenvalue weighted by atomic mass is 16.5. The summed E-state index contributed by atoms with van der Waals surface area (Å²) in [6, 6.07) is 18.8. The zero-order valence-corrected chi connectivity index (χ0v) is 15.0. The van der Waals surface area contributed by atoms with E-state index in [4.69, 9.17) is 4.74 Å². The number of nitrogens with zero attached hydrogens (tertiary/aromatic N) is 2. The van der Waals surface area contributed by atoms with E-state index in [-0.39, 0.29) is 24.8 Å². The highest BCUT2D eigenvalue weighted by Gasteiger charge is 2.21. The van der Waals surface area contributed by atoms with Crippen LogP contribution >= 0.6 is 0 Å². The number of esters is 1. The van der Waals surface area contributed by atoms with Crippen molar-refractivity contribution in [2.45, 2.75) is 19.1 Å². The van der Waals surface area contributed by atoms with E-state index < -0.39 is 12.0 Å². The summed E-state index contributed by atoms with van der Waals surface area (Å²) >= 11 is 0. The van der Waals surface area contributed by atoms with Gasteiger partial charge >= 0.3 is 11.8 Å². The first-order valence-electron chi connectivity index (χ1n) is 8.73. The molecule has 0 fully saturated rings. The number of amides is 1. The molecule has 7 heteroatoms. The third kappa shape index (κ3) is 5.14. The van der Waals surface area contributed by atoms with Crippen molar-refractivity contribution in [2.24, 2.45) is 0 Å². The molecule has 0 bridgehead atoms. The van der Waals surface area contributed by atoms with Crippen LogP contribution in [0.3, 0.4) is 0 Å². The summed E-state index contributed by atoms with van der Waals surface area (Å²) in [4.78, 5) is 28.7. The van der Waals surface area contributed by atoms with Gasteiger partial charge in [0.25, 0.3) is 5.91 Å². The maximum atomic E-state index is 12.5. The molecule has 0 saturated carbocycles. The number of nitrogens with one attached hydrogen (secondary N) is 1. The molecule has 0 aliphatic carbocycles. The quantitative estimate of drug-likeness (QED) is 0.387. The molecule has 1 aromatic heterocycles. The minimum Gasteiger partial charge on any atom is -0.711 e. The predicted molar refractivity (Wildman–Crippen MR) is 101 cm³/mol. The lowest BCUT2D eigenvalue weighted by Gasteiger charge is -2.18. The van der Waals surface area contributed by atoms with Gasteiger partial charge in [0.05, 0.1) is 18.7 Å². The van der Waals surface area contributed by atoms with E-state index in [1.54, 1.807) is 24.3 Å². The number of aromatic nitrogens is 2. The van der Waals surface area contributed by atoms with Crippen molar-refractivity contribution in [3.05, 3.63) is 101 Å². The number of benzene rings is 2. The molecule has 3 rings (SSSR count). The Morgan fingerprint density at radius 3 is 2.39 bits per heavy atom. The van der Waals surface area contributed by atoms with Gasteiger partial charge in [-0.1, -0.05) is 48.5 Å². The minimum atomic E-state index is -0.565. The molecule has 1 amide bonds. The lowest BCUT2D eigenvalue weighted by Crippen LogP contribution is -2.34. The monoisotopic (exact) mass is 377 g/mol. The third-order valence-electron chi connectivity index (χ3n) is 4.06. The summed E-state index contributed by atoms with van der Waals surface area (Å²) in [7, 11) is 0. The van der Waals surface area contributed by atoms with E-state index in [1.807, 2.05) is 36.4 Å². The van der Waals surface area contributed by atoms with Crippen molar-refractivity contribution >= 4 is 11.9 Å². The van der Waals surface area contributed by atoms with Crippen LogP contribution in [0.25, 0.3) is 0 Å². The largest absolute Gasteiger partial charge is 0.711 e. The van der Waals surface area contributed by atoms with Crippen molar-refractivity contribution in [2.75, 3.05) is 0 Å². The van der Waals surface area contributed by atoms with Gasteiger partial charge in [-0.3, -0.25) is 9.59 Å². The van der Waals surface area contributed by atoms with E-state index in [1.165, 1.54) is 18.5 Å². The molecule has 1 atom stereocenters. The summed E-state index contributed by atoms with van der Waals surface area (Å²) in [6.07, 6.45) is 2.65. The fraction of sp³-hybridized carbons (Fsp3) is 0.143. The maximum absolute atomic E-state index is 12.5. The molecule has 0 aliphatic heterocycles. The summed E-state index contributed by atoms with van der Waals surface area (Å²) in [5.74, 6) is -0.752. The van der Waals surface area contributed by atoms with Crippen LogP contribution in [0.15, 0.2) is 79.1 Å².